The number of hydrogen-bond donors (Lipinski definition) is 2. The van der Waals surface area contributed by atoms with Crippen LogP contribution in [0.25, 0.3) is 0 Å². The minimum Gasteiger partial charge on any atom is -0.491 e. The van der Waals surface area contributed by atoms with Crippen molar-refractivity contribution in [3.05, 3.63) is 60.2 Å². The topological polar surface area (TPSA) is 41.5 Å². The van der Waals surface area contributed by atoms with Crippen LogP contribution in [0.4, 0.5) is 5.69 Å². The van der Waals surface area contributed by atoms with Gasteiger partial charge in [0, 0.05) is 12.2 Å². The fourth-order valence-electron chi connectivity index (χ4n) is 1.75. The monoisotopic (exact) mass is 257 g/mol. The Labute approximate surface area is 113 Å². The first-order valence-corrected chi connectivity index (χ1v) is 6.41. The average Bonchev–Trinajstić information content (AvgIpc) is 2.45. The Hall–Kier alpha value is -2.00. The number of rotatable bonds is 6. The number of aryl methyl sites for hydroxylation is 1. The normalized spacial score (nSPS) is 11.9. The highest BCUT2D eigenvalue weighted by molar-refractivity contribution is 5.42. The molecule has 2 rings (SSSR count). The lowest BCUT2D eigenvalue weighted by Crippen LogP contribution is -2.26. The fraction of sp³-hybridized carbons (Fsp3) is 0.250. The van der Waals surface area contributed by atoms with E-state index in [1.165, 1.54) is 0 Å². The number of ether oxygens (including phenoxy) is 1. The van der Waals surface area contributed by atoms with Gasteiger partial charge < -0.3 is 15.2 Å². The molecular weight excluding hydrogens is 238 g/mol. The lowest BCUT2D eigenvalue weighted by molar-refractivity contribution is 0.117. The molecule has 0 fully saturated rings. The van der Waals surface area contributed by atoms with Crippen molar-refractivity contribution >= 4 is 5.69 Å². The van der Waals surface area contributed by atoms with Gasteiger partial charge in [0.05, 0.1) is 0 Å². The third kappa shape index (κ3) is 4.30. The first kappa shape index (κ1) is 13.4. The van der Waals surface area contributed by atoms with Crippen LogP contribution < -0.4 is 10.1 Å². The zero-order valence-corrected chi connectivity index (χ0v) is 11.0. The van der Waals surface area contributed by atoms with Crippen LogP contribution in [-0.4, -0.2) is 24.4 Å². The summed E-state index contributed by atoms with van der Waals surface area (Å²) in [6, 6.07) is 17.6. The SMILES string of the molecule is Cc1ccccc1OCC(O)CNc1ccccc1. The van der Waals surface area contributed by atoms with Crippen LogP contribution in [0, 0.1) is 6.92 Å². The molecule has 0 aliphatic carbocycles. The van der Waals surface area contributed by atoms with E-state index in [1.807, 2.05) is 61.5 Å². The Morgan fingerprint density at radius 2 is 1.74 bits per heavy atom. The van der Waals surface area contributed by atoms with Crippen molar-refractivity contribution in [1.29, 1.82) is 0 Å². The molecule has 19 heavy (non-hydrogen) atoms. The molecule has 0 aliphatic rings. The number of para-hydroxylation sites is 2. The maximum absolute atomic E-state index is 9.88. The van der Waals surface area contributed by atoms with Crippen LogP contribution in [0.2, 0.25) is 0 Å². The quantitative estimate of drug-likeness (QED) is 0.836. The zero-order valence-electron chi connectivity index (χ0n) is 11.0. The minimum absolute atomic E-state index is 0.282. The van der Waals surface area contributed by atoms with Gasteiger partial charge in [0.2, 0.25) is 0 Å². The molecule has 0 aliphatic heterocycles. The van der Waals surface area contributed by atoms with Crippen LogP contribution >= 0.6 is 0 Å². The fourth-order valence-corrected chi connectivity index (χ4v) is 1.75. The highest BCUT2D eigenvalue weighted by Crippen LogP contribution is 2.16. The second-order valence-corrected chi connectivity index (χ2v) is 4.48. The van der Waals surface area contributed by atoms with E-state index in [0.29, 0.717) is 6.54 Å². The van der Waals surface area contributed by atoms with Gasteiger partial charge in [0.25, 0.3) is 0 Å². The maximum Gasteiger partial charge on any atom is 0.122 e. The summed E-state index contributed by atoms with van der Waals surface area (Å²) in [5.74, 6) is 0.821. The number of benzene rings is 2. The van der Waals surface area contributed by atoms with Crippen molar-refractivity contribution < 1.29 is 9.84 Å². The molecule has 0 heterocycles. The van der Waals surface area contributed by atoms with Crippen molar-refractivity contribution in [2.75, 3.05) is 18.5 Å². The van der Waals surface area contributed by atoms with Crippen molar-refractivity contribution in [2.45, 2.75) is 13.0 Å². The Balaban J connectivity index is 1.76. The maximum atomic E-state index is 9.88. The van der Waals surface area contributed by atoms with E-state index in [1.54, 1.807) is 0 Å². The second kappa shape index (κ2) is 6.81. The molecule has 0 aromatic heterocycles. The second-order valence-electron chi connectivity index (χ2n) is 4.48. The van der Waals surface area contributed by atoms with Gasteiger partial charge in [0.15, 0.2) is 0 Å². The Bertz CT molecular complexity index is 499. The van der Waals surface area contributed by atoms with E-state index in [4.69, 9.17) is 4.74 Å². The molecule has 0 bridgehead atoms. The lowest BCUT2D eigenvalue weighted by Gasteiger charge is -2.15. The molecule has 3 nitrogen and oxygen atoms in total. The van der Waals surface area contributed by atoms with E-state index in [0.717, 1.165) is 17.0 Å². The third-order valence-corrected chi connectivity index (χ3v) is 2.84. The Morgan fingerprint density at radius 3 is 2.47 bits per heavy atom. The van der Waals surface area contributed by atoms with Crippen LogP contribution in [0.1, 0.15) is 5.56 Å². The van der Waals surface area contributed by atoms with Crippen LogP contribution in [0.3, 0.4) is 0 Å². The van der Waals surface area contributed by atoms with E-state index >= 15 is 0 Å². The zero-order chi connectivity index (χ0) is 13.5. The molecule has 100 valence electrons. The largest absolute Gasteiger partial charge is 0.491 e. The molecule has 0 spiro atoms. The summed E-state index contributed by atoms with van der Waals surface area (Å²) in [6.07, 6.45) is -0.542. The van der Waals surface area contributed by atoms with Gasteiger partial charge in [-0.1, -0.05) is 36.4 Å². The minimum atomic E-state index is -0.542. The molecule has 3 heteroatoms. The van der Waals surface area contributed by atoms with E-state index in [9.17, 15) is 5.11 Å². The van der Waals surface area contributed by atoms with Gasteiger partial charge in [0.1, 0.15) is 18.5 Å². The lowest BCUT2D eigenvalue weighted by atomic mass is 10.2. The molecule has 2 N–H and O–H groups in total. The summed E-state index contributed by atoms with van der Waals surface area (Å²) in [6.45, 7) is 2.74. The number of aliphatic hydroxyl groups excluding tert-OH is 1. The number of anilines is 1. The van der Waals surface area contributed by atoms with Gasteiger partial charge in [-0.15, -0.1) is 0 Å². The summed E-state index contributed by atoms with van der Waals surface area (Å²) in [5.41, 5.74) is 2.07. The molecule has 0 radical (unpaired) electrons. The van der Waals surface area contributed by atoms with Gasteiger partial charge in [-0.3, -0.25) is 0 Å². The van der Waals surface area contributed by atoms with Crippen molar-refractivity contribution in [3.8, 4) is 5.75 Å². The van der Waals surface area contributed by atoms with Crippen LogP contribution in [0.5, 0.6) is 5.75 Å². The van der Waals surface area contributed by atoms with Gasteiger partial charge in [-0.25, -0.2) is 0 Å². The summed E-state index contributed by atoms with van der Waals surface area (Å²) in [7, 11) is 0. The average molecular weight is 257 g/mol. The predicted molar refractivity (Wildman–Crippen MR) is 77.6 cm³/mol. The predicted octanol–water partition coefficient (Wildman–Crippen LogP) is 2.85. The van der Waals surface area contributed by atoms with Gasteiger partial charge in [-0.05, 0) is 30.7 Å². The van der Waals surface area contributed by atoms with Gasteiger partial charge >= 0.3 is 0 Å². The summed E-state index contributed by atoms with van der Waals surface area (Å²) in [5, 5.41) is 13.0. The van der Waals surface area contributed by atoms with Crippen LogP contribution in [0.15, 0.2) is 54.6 Å². The van der Waals surface area contributed by atoms with Gasteiger partial charge in [-0.2, -0.15) is 0 Å². The molecule has 1 unspecified atom stereocenters. The molecule has 0 saturated carbocycles. The highest BCUT2D eigenvalue weighted by atomic mass is 16.5. The first-order valence-electron chi connectivity index (χ1n) is 6.41. The summed E-state index contributed by atoms with van der Waals surface area (Å²) in [4.78, 5) is 0. The number of hydrogen-bond acceptors (Lipinski definition) is 3. The standard InChI is InChI=1S/C16H19NO2/c1-13-7-5-6-10-16(13)19-12-15(18)11-17-14-8-3-2-4-9-14/h2-10,15,17-18H,11-12H2,1H3. The van der Waals surface area contributed by atoms with Crippen molar-refractivity contribution in [2.24, 2.45) is 0 Å². The molecule has 2 aromatic carbocycles. The molecular formula is C16H19NO2. The van der Waals surface area contributed by atoms with Crippen molar-refractivity contribution in [3.63, 3.8) is 0 Å². The van der Waals surface area contributed by atoms with E-state index < -0.39 is 6.10 Å². The van der Waals surface area contributed by atoms with E-state index in [-0.39, 0.29) is 6.61 Å². The Kier molecular flexibility index (Phi) is 4.81. The molecule has 0 amide bonds. The third-order valence-electron chi connectivity index (χ3n) is 2.84. The summed E-state index contributed by atoms with van der Waals surface area (Å²) < 4.78 is 5.60. The number of aliphatic hydroxyl groups is 1. The first-order chi connectivity index (χ1) is 9.25. The van der Waals surface area contributed by atoms with Crippen LogP contribution in [-0.2, 0) is 0 Å². The van der Waals surface area contributed by atoms with Crippen molar-refractivity contribution in [1.82, 2.24) is 0 Å². The van der Waals surface area contributed by atoms with E-state index in [2.05, 4.69) is 5.32 Å². The summed E-state index contributed by atoms with van der Waals surface area (Å²) >= 11 is 0. The number of nitrogens with one attached hydrogen (secondary N) is 1. The molecule has 1 atom stereocenters. The Morgan fingerprint density at radius 1 is 1.05 bits per heavy atom. The smallest absolute Gasteiger partial charge is 0.122 e. The molecule has 2 aromatic rings. The highest BCUT2D eigenvalue weighted by Gasteiger charge is 2.06. The molecule has 0 saturated heterocycles.